The third-order valence-corrected chi connectivity index (χ3v) is 5.37. The molecule has 152 valence electrons. The van der Waals surface area contributed by atoms with Crippen LogP contribution in [0, 0.1) is 19.8 Å². The molecular weight excluding hydrogens is 350 g/mol. The Morgan fingerprint density at radius 3 is 2.71 bits per heavy atom. The van der Waals surface area contributed by atoms with Crippen molar-refractivity contribution in [2.75, 3.05) is 19.6 Å². The first kappa shape index (κ1) is 20.4. The molecule has 0 aliphatic carbocycles. The van der Waals surface area contributed by atoms with Crippen LogP contribution < -0.4 is 10.6 Å². The first-order valence-corrected chi connectivity index (χ1v) is 10.3. The van der Waals surface area contributed by atoms with Crippen LogP contribution in [0.3, 0.4) is 0 Å². The predicted molar refractivity (Wildman–Crippen MR) is 113 cm³/mol. The Balaban J connectivity index is 1.51. The number of aryl methyl sites for hydroxylation is 2. The molecule has 28 heavy (non-hydrogen) atoms. The molecule has 0 amide bonds. The summed E-state index contributed by atoms with van der Waals surface area (Å²) in [6.45, 7) is 12.6. The lowest BCUT2D eigenvalue weighted by molar-refractivity contribution is 0.255. The lowest BCUT2D eigenvalue weighted by atomic mass is 10.1. The molecule has 3 rings (SSSR count). The molecule has 1 aliphatic heterocycles. The van der Waals surface area contributed by atoms with Crippen molar-refractivity contribution in [3.63, 3.8) is 0 Å². The van der Waals surface area contributed by atoms with Crippen molar-refractivity contribution in [1.82, 2.24) is 20.5 Å². The molecule has 6 heteroatoms. The highest BCUT2D eigenvalue weighted by Gasteiger charge is 2.28. The number of likely N-dealkylation sites (tertiary alicyclic amines) is 1. The fourth-order valence-corrected chi connectivity index (χ4v) is 3.74. The van der Waals surface area contributed by atoms with Crippen molar-refractivity contribution < 1.29 is 4.42 Å². The Morgan fingerprint density at radius 2 is 2.04 bits per heavy atom. The summed E-state index contributed by atoms with van der Waals surface area (Å²) in [6, 6.07) is 11.3. The Bertz CT molecular complexity index is 751. The molecule has 1 aromatic heterocycles. The largest absolute Gasteiger partial charge is 0.444 e. The zero-order valence-electron chi connectivity index (χ0n) is 17.5. The van der Waals surface area contributed by atoms with E-state index in [9.17, 15) is 0 Å². The molecule has 0 radical (unpaired) electrons. The Kier molecular flexibility index (Phi) is 7.09. The van der Waals surface area contributed by atoms with Crippen molar-refractivity contribution in [2.45, 2.75) is 53.2 Å². The molecule has 2 unspecified atom stereocenters. The third-order valence-electron chi connectivity index (χ3n) is 5.37. The van der Waals surface area contributed by atoms with Gasteiger partial charge >= 0.3 is 0 Å². The van der Waals surface area contributed by atoms with Crippen molar-refractivity contribution in [3.8, 4) is 0 Å². The standard InChI is InChI=1S/C22H33N5O/c1-5-23-22(25-13-21-26-17(3)18(4)28-21)24-12-20-11-16(2)27(15-20)14-19-9-7-6-8-10-19/h6-10,16,20H,5,11-15H2,1-4H3,(H2,23,24,25). The average Bonchev–Trinajstić information content (AvgIpc) is 3.20. The van der Waals surface area contributed by atoms with Gasteiger partial charge in [0.1, 0.15) is 12.3 Å². The number of benzene rings is 1. The van der Waals surface area contributed by atoms with Crippen LogP contribution in [0.15, 0.2) is 39.7 Å². The minimum absolute atomic E-state index is 0.450. The van der Waals surface area contributed by atoms with E-state index < -0.39 is 0 Å². The summed E-state index contributed by atoms with van der Waals surface area (Å²) in [5.74, 6) is 2.97. The van der Waals surface area contributed by atoms with Crippen molar-refractivity contribution in [2.24, 2.45) is 10.9 Å². The number of hydrogen-bond acceptors (Lipinski definition) is 4. The van der Waals surface area contributed by atoms with E-state index in [0.717, 1.165) is 43.6 Å². The summed E-state index contributed by atoms with van der Waals surface area (Å²) < 4.78 is 5.63. The van der Waals surface area contributed by atoms with E-state index >= 15 is 0 Å². The molecule has 2 atom stereocenters. The molecule has 0 saturated carbocycles. The van der Waals surface area contributed by atoms with Gasteiger partial charge in [-0.15, -0.1) is 0 Å². The fourth-order valence-electron chi connectivity index (χ4n) is 3.74. The smallest absolute Gasteiger partial charge is 0.216 e. The average molecular weight is 384 g/mol. The number of nitrogens with one attached hydrogen (secondary N) is 2. The lowest BCUT2D eigenvalue weighted by Crippen LogP contribution is -2.40. The maximum atomic E-state index is 5.63. The Hall–Kier alpha value is -2.34. The number of rotatable bonds is 7. The molecule has 6 nitrogen and oxygen atoms in total. The summed E-state index contributed by atoms with van der Waals surface area (Å²) >= 11 is 0. The second-order valence-corrected chi connectivity index (χ2v) is 7.69. The highest BCUT2D eigenvalue weighted by molar-refractivity contribution is 5.79. The molecule has 1 aliphatic rings. The van der Waals surface area contributed by atoms with Gasteiger partial charge in [-0.2, -0.15) is 0 Å². The summed E-state index contributed by atoms with van der Waals surface area (Å²) in [6.07, 6.45) is 1.21. The minimum Gasteiger partial charge on any atom is -0.444 e. The summed E-state index contributed by atoms with van der Waals surface area (Å²) in [4.78, 5) is 11.6. The van der Waals surface area contributed by atoms with Crippen molar-refractivity contribution >= 4 is 5.96 Å². The number of aliphatic imine (C=N–C) groups is 1. The van der Waals surface area contributed by atoms with Crippen LogP contribution >= 0.6 is 0 Å². The zero-order chi connectivity index (χ0) is 19.9. The molecule has 2 heterocycles. The van der Waals surface area contributed by atoms with Gasteiger partial charge in [0.15, 0.2) is 5.96 Å². The van der Waals surface area contributed by atoms with E-state index in [1.165, 1.54) is 12.0 Å². The van der Waals surface area contributed by atoms with Gasteiger partial charge in [-0.1, -0.05) is 30.3 Å². The molecule has 2 N–H and O–H groups in total. The van der Waals surface area contributed by atoms with Crippen molar-refractivity contribution in [3.05, 3.63) is 53.2 Å². The van der Waals surface area contributed by atoms with E-state index in [4.69, 9.17) is 4.42 Å². The molecular formula is C22H33N5O. The summed E-state index contributed by atoms with van der Waals surface area (Å²) in [7, 11) is 0. The van der Waals surface area contributed by atoms with Gasteiger partial charge in [0.05, 0.1) is 5.69 Å². The van der Waals surface area contributed by atoms with Gasteiger partial charge in [0.2, 0.25) is 5.89 Å². The molecule has 0 bridgehead atoms. The first-order valence-electron chi connectivity index (χ1n) is 10.3. The van der Waals surface area contributed by atoms with E-state index in [2.05, 4.69) is 69.7 Å². The van der Waals surface area contributed by atoms with E-state index in [-0.39, 0.29) is 0 Å². The number of nitrogens with zero attached hydrogens (tertiary/aromatic N) is 3. The Labute approximate surface area is 168 Å². The monoisotopic (exact) mass is 383 g/mol. The van der Waals surface area contributed by atoms with Gasteiger partial charge in [-0.3, -0.25) is 4.90 Å². The highest BCUT2D eigenvalue weighted by Crippen LogP contribution is 2.24. The summed E-state index contributed by atoms with van der Waals surface area (Å²) in [5.41, 5.74) is 2.32. The van der Waals surface area contributed by atoms with Gasteiger partial charge in [-0.25, -0.2) is 9.98 Å². The van der Waals surface area contributed by atoms with Crippen LogP contribution in [0.25, 0.3) is 0 Å². The maximum Gasteiger partial charge on any atom is 0.216 e. The SMILES string of the molecule is CCNC(=NCc1nc(C)c(C)o1)NCC1CC(C)N(Cc2ccccc2)C1. The number of oxazole rings is 1. The third kappa shape index (κ3) is 5.58. The number of hydrogen-bond donors (Lipinski definition) is 2. The zero-order valence-corrected chi connectivity index (χ0v) is 17.5. The predicted octanol–water partition coefficient (Wildman–Crippen LogP) is 3.26. The Morgan fingerprint density at radius 1 is 1.25 bits per heavy atom. The van der Waals surface area contributed by atoms with Crippen LogP contribution in [0.1, 0.15) is 43.2 Å². The van der Waals surface area contributed by atoms with Gasteiger partial charge in [0, 0.05) is 32.2 Å². The molecule has 2 aromatic rings. The van der Waals surface area contributed by atoms with Crippen LogP contribution in [0.5, 0.6) is 0 Å². The first-order chi connectivity index (χ1) is 13.5. The molecule has 1 fully saturated rings. The highest BCUT2D eigenvalue weighted by atomic mass is 16.4. The second-order valence-electron chi connectivity index (χ2n) is 7.69. The van der Waals surface area contributed by atoms with E-state index in [0.29, 0.717) is 24.4 Å². The van der Waals surface area contributed by atoms with Crippen LogP contribution in [0.2, 0.25) is 0 Å². The lowest BCUT2D eigenvalue weighted by Gasteiger charge is -2.21. The van der Waals surface area contributed by atoms with Crippen LogP contribution in [-0.4, -0.2) is 41.5 Å². The second kappa shape index (κ2) is 9.73. The maximum absolute atomic E-state index is 5.63. The van der Waals surface area contributed by atoms with Crippen LogP contribution in [0.4, 0.5) is 0 Å². The number of aromatic nitrogens is 1. The van der Waals surface area contributed by atoms with Gasteiger partial charge < -0.3 is 15.1 Å². The van der Waals surface area contributed by atoms with Crippen molar-refractivity contribution in [1.29, 1.82) is 0 Å². The van der Waals surface area contributed by atoms with E-state index in [1.54, 1.807) is 0 Å². The fraction of sp³-hybridized carbons (Fsp3) is 0.545. The van der Waals surface area contributed by atoms with Crippen LogP contribution in [-0.2, 0) is 13.1 Å². The van der Waals surface area contributed by atoms with Gasteiger partial charge in [-0.05, 0) is 45.6 Å². The molecule has 1 saturated heterocycles. The quantitative estimate of drug-likeness (QED) is 0.567. The molecule has 0 spiro atoms. The number of guanidine groups is 1. The molecule has 1 aromatic carbocycles. The summed E-state index contributed by atoms with van der Waals surface area (Å²) in [5, 5.41) is 6.82. The van der Waals surface area contributed by atoms with E-state index in [1.807, 2.05) is 13.8 Å². The topological polar surface area (TPSA) is 65.7 Å². The minimum atomic E-state index is 0.450. The normalized spacial score (nSPS) is 20.5. The van der Waals surface area contributed by atoms with Gasteiger partial charge in [0.25, 0.3) is 0 Å².